The van der Waals surface area contributed by atoms with Crippen LogP contribution in [0.5, 0.6) is 0 Å². The minimum atomic E-state index is -0.722. The van der Waals surface area contributed by atoms with Gasteiger partial charge in [-0.15, -0.1) is 13.2 Å². The predicted molar refractivity (Wildman–Crippen MR) is 157 cm³/mol. The molecule has 1 aromatic carbocycles. The van der Waals surface area contributed by atoms with Crippen molar-refractivity contribution in [1.82, 2.24) is 10.2 Å². The van der Waals surface area contributed by atoms with Crippen LogP contribution < -0.4 is 5.32 Å². The Labute approximate surface area is 244 Å². The van der Waals surface area contributed by atoms with Gasteiger partial charge in [0.25, 0.3) is 0 Å². The lowest BCUT2D eigenvalue weighted by Gasteiger charge is -2.29. The summed E-state index contributed by atoms with van der Waals surface area (Å²) in [6, 6.07) is 8.76. The second kappa shape index (κ2) is 16.7. The molecule has 9 heteroatoms. The maximum absolute atomic E-state index is 13.5. The van der Waals surface area contributed by atoms with Gasteiger partial charge in [-0.05, 0) is 58.4 Å². The predicted octanol–water partition coefficient (Wildman–Crippen LogP) is 3.75. The molecule has 2 amide bonds. The van der Waals surface area contributed by atoms with Gasteiger partial charge in [0.2, 0.25) is 11.8 Å². The Morgan fingerprint density at radius 2 is 1.73 bits per heavy atom. The third-order valence-corrected chi connectivity index (χ3v) is 6.84. The number of nitrogens with one attached hydrogen (secondary N) is 1. The van der Waals surface area contributed by atoms with Gasteiger partial charge in [0, 0.05) is 13.0 Å². The number of allylic oxidation sites excluding steroid dienone is 2. The summed E-state index contributed by atoms with van der Waals surface area (Å²) in [4.78, 5) is 53.2. The Hall–Kier alpha value is -3.46. The molecule has 0 unspecified atom stereocenters. The average molecular weight is 571 g/mol. The monoisotopic (exact) mass is 570 g/mol. The Kier molecular flexibility index (Phi) is 13.8. The number of ether oxygens (including phenoxy) is 2. The molecule has 0 spiro atoms. The fourth-order valence-electron chi connectivity index (χ4n) is 4.92. The molecule has 2 N–H and O–H groups in total. The quantitative estimate of drug-likeness (QED) is 0.229. The van der Waals surface area contributed by atoms with Crippen molar-refractivity contribution in [2.75, 3.05) is 19.8 Å². The molecule has 4 atom stereocenters. The molecule has 1 fully saturated rings. The summed E-state index contributed by atoms with van der Waals surface area (Å²) in [6.07, 6.45) is 5.48. The van der Waals surface area contributed by atoms with Crippen LogP contribution in [-0.4, -0.2) is 71.2 Å². The molecule has 226 valence electrons. The maximum Gasteiger partial charge on any atom is 0.309 e. The Balaban J connectivity index is 1.97. The zero-order valence-electron chi connectivity index (χ0n) is 24.7. The number of likely N-dealkylation sites (tertiary alicyclic amines) is 1. The Morgan fingerprint density at radius 3 is 2.34 bits per heavy atom. The first kappa shape index (κ1) is 33.7. The topological polar surface area (TPSA) is 122 Å². The zero-order valence-corrected chi connectivity index (χ0v) is 24.7. The highest BCUT2D eigenvalue weighted by Gasteiger charge is 2.35. The normalized spacial score (nSPS) is 17.2. The van der Waals surface area contributed by atoms with Crippen LogP contribution in [0, 0.1) is 11.8 Å². The van der Waals surface area contributed by atoms with Gasteiger partial charge in [-0.2, -0.15) is 0 Å². The number of carbonyl (C=O) groups is 4. The van der Waals surface area contributed by atoms with Crippen LogP contribution in [0.15, 0.2) is 55.6 Å². The number of carbonyl (C=O) groups excluding carboxylic acids is 4. The van der Waals surface area contributed by atoms with E-state index in [0.29, 0.717) is 25.8 Å². The summed E-state index contributed by atoms with van der Waals surface area (Å²) < 4.78 is 10.9. The molecule has 0 bridgehead atoms. The summed E-state index contributed by atoms with van der Waals surface area (Å²) in [5, 5.41) is 12.6. The van der Waals surface area contributed by atoms with E-state index in [-0.39, 0.29) is 50.3 Å². The van der Waals surface area contributed by atoms with Crippen LogP contribution in [0.25, 0.3) is 0 Å². The number of esters is 2. The lowest BCUT2D eigenvalue weighted by molar-refractivity contribution is -0.162. The van der Waals surface area contributed by atoms with Crippen molar-refractivity contribution < 1.29 is 33.8 Å². The van der Waals surface area contributed by atoms with Gasteiger partial charge in [-0.3, -0.25) is 19.2 Å². The van der Waals surface area contributed by atoms with E-state index in [1.165, 1.54) is 0 Å². The van der Waals surface area contributed by atoms with E-state index in [1.807, 2.05) is 30.3 Å². The molecule has 1 heterocycles. The highest BCUT2D eigenvalue weighted by Crippen LogP contribution is 2.24. The van der Waals surface area contributed by atoms with E-state index in [0.717, 1.165) is 12.0 Å². The van der Waals surface area contributed by atoms with Crippen molar-refractivity contribution in [3.63, 3.8) is 0 Å². The number of rotatable bonds is 16. The van der Waals surface area contributed by atoms with E-state index in [1.54, 1.807) is 37.8 Å². The molecular formula is C32H46N2O7. The molecule has 1 saturated heterocycles. The van der Waals surface area contributed by atoms with E-state index >= 15 is 0 Å². The first-order valence-electron chi connectivity index (χ1n) is 14.3. The third kappa shape index (κ3) is 11.9. The largest absolute Gasteiger partial charge is 0.463 e. The number of benzene rings is 1. The fourth-order valence-corrected chi connectivity index (χ4v) is 4.92. The van der Waals surface area contributed by atoms with Crippen LogP contribution in [0.3, 0.4) is 0 Å². The zero-order chi connectivity index (χ0) is 30.4. The van der Waals surface area contributed by atoms with E-state index < -0.39 is 35.4 Å². The second-order valence-electron chi connectivity index (χ2n) is 11.5. The highest BCUT2D eigenvalue weighted by atomic mass is 16.6. The van der Waals surface area contributed by atoms with Gasteiger partial charge >= 0.3 is 11.9 Å². The first-order chi connectivity index (χ1) is 19.5. The molecule has 1 aliphatic rings. The number of amides is 2. The van der Waals surface area contributed by atoms with Crippen molar-refractivity contribution in [3.8, 4) is 0 Å². The van der Waals surface area contributed by atoms with Gasteiger partial charge in [0.15, 0.2) is 0 Å². The van der Waals surface area contributed by atoms with Crippen molar-refractivity contribution in [3.05, 3.63) is 61.2 Å². The van der Waals surface area contributed by atoms with Gasteiger partial charge in [0.05, 0.1) is 36.9 Å². The molecule has 0 radical (unpaired) electrons. The molecule has 0 aliphatic carbocycles. The van der Waals surface area contributed by atoms with Gasteiger partial charge in [-0.25, -0.2) is 0 Å². The van der Waals surface area contributed by atoms with Crippen molar-refractivity contribution in [2.24, 2.45) is 11.8 Å². The Morgan fingerprint density at radius 1 is 1.07 bits per heavy atom. The number of hydrogen-bond acceptors (Lipinski definition) is 7. The summed E-state index contributed by atoms with van der Waals surface area (Å²) >= 11 is 0. The second-order valence-corrected chi connectivity index (χ2v) is 11.5. The molecule has 2 rings (SSSR count). The molecule has 1 aromatic rings. The molecular weight excluding hydrogens is 524 g/mol. The van der Waals surface area contributed by atoms with Crippen LogP contribution in [0.2, 0.25) is 0 Å². The number of nitrogens with zero attached hydrogens (tertiary/aromatic N) is 1. The summed E-state index contributed by atoms with van der Waals surface area (Å²) in [5.41, 5.74) is 0.325. The van der Waals surface area contributed by atoms with Gasteiger partial charge < -0.3 is 24.8 Å². The summed E-state index contributed by atoms with van der Waals surface area (Å²) in [7, 11) is 0. The summed E-state index contributed by atoms with van der Waals surface area (Å²) in [5.74, 6) is -2.89. The number of aliphatic hydroxyl groups excluding tert-OH is 1. The molecule has 41 heavy (non-hydrogen) atoms. The average Bonchev–Trinajstić information content (AvgIpc) is 3.38. The van der Waals surface area contributed by atoms with Gasteiger partial charge in [-0.1, -0.05) is 42.5 Å². The number of hydrogen-bond donors (Lipinski definition) is 2. The first-order valence-corrected chi connectivity index (χ1v) is 14.3. The molecule has 0 saturated carbocycles. The van der Waals surface area contributed by atoms with Crippen LogP contribution in [0.4, 0.5) is 0 Å². The molecule has 1 aliphatic heterocycles. The maximum atomic E-state index is 13.5. The minimum absolute atomic E-state index is 0.00318. The van der Waals surface area contributed by atoms with Crippen molar-refractivity contribution in [1.29, 1.82) is 0 Å². The van der Waals surface area contributed by atoms with Crippen LogP contribution >= 0.6 is 0 Å². The smallest absolute Gasteiger partial charge is 0.309 e. The van der Waals surface area contributed by atoms with E-state index in [2.05, 4.69) is 18.5 Å². The minimum Gasteiger partial charge on any atom is -0.463 e. The van der Waals surface area contributed by atoms with Crippen molar-refractivity contribution >= 4 is 23.8 Å². The van der Waals surface area contributed by atoms with E-state index in [4.69, 9.17) is 9.47 Å². The van der Waals surface area contributed by atoms with Crippen molar-refractivity contribution in [2.45, 2.75) is 83.4 Å². The highest BCUT2D eigenvalue weighted by molar-refractivity contribution is 5.86. The molecule has 9 nitrogen and oxygen atoms in total. The standard InChI is InChI=1S/C32H46N2O7/c1-6-12-24(19-28(36)33-26(21-35)18-23-14-9-8-10-15-23)30(38)34-17-11-16-27(34)22-40-31(39)25(13-7-2)20-29(37)41-32(3,4)5/h6-10,14-15,24-27,35H,1-2,11-13,16-22H2,3-5H3,(H,33,36)/t24-,25-,26+,27+/m1/s1. The summed E-state index contributed by atoms with van der Waals surface area (Å²) in [6.45, 7) is 13.0. The number of aliphatic hydroxyl groups is 1. The van der Waals surface area contributed by atoms with Crippen LogP contribution in [-0.2, 0) is 35.1 Å². The molecule has 0 aromatic heterocycles. The van der Waals surface area contributed by atoms with Gasteiger partial charge in [0.1, 0.15) is 12.2 Å². The fraction of sp³-hybridized carbons (Fsp3) is 0.562. The SMILES string of the molecule is C=CC[C@H](CC(=O)OC(C)(C)C)C(=O)OC[C@@H]1CCCN1C(=O)[C@H](CC=C)CC(=O)N[C@H](CO)Cc1ccccc1. The third-order valence-electron chi connectivity index (χ3n) is 6.84. The van der Waals surface area contributed by atoms with Crippen LogP contribution in [0.1, 0.15) is 64.9 Å². The lowest BCUT2D eigenvalue weighted by atomic mass is 9.98. The van der Waals surface area contributed by atoms with E-state index in [9.17, 15) is 24.3 Å². The Bertz CT molecular complexity index is 1030. The lowest BCUT2D eigenvalue weighted by Crippen LogP contribution is -2.45.